The van der Waals surface area contributed by atoms with Crippen LogP contribution in [0.5, 0.6) is 0 Å². The Morgan fingerprint density at radius 2 is 2.14 bits per heavy atom. The van der Waals surface area contributed by atoms with Crippen molar-refractivity contribution < 1.29 is 5.11 Å². The van der Waals surface area contributed by atoms with Gasteiger partial charge in [0.05, 0.1) is 11.6 Å². The molecule has 5 heteroatoms. The van der Waals surface area contributed by atoms with Crippen LogP contribution in [0, 0.1) is 0 Å². The van der Waals surface area contributed by atoms with E-state index in [1.165, 1.54) is 22.7 Å². The Bertz CT molecular complexity index is 587. The number of hydrogen-bond donors (Lipinski definition) is 1. The predicted octanol–water partition coefficient (Wildman–Crippen LogP) is 2.17. The van der Waals surface area contributed by atoms with E-state index in [4.69, 9.17) is 0 Å². The normalized spacial score (nSPS) is 26.5. The van der Waals surface area contributed by atoms with Gasteiger partial charge in [0.25, 0.3) is 0 Å². The number of hydrogen-bond acceptors (Lipinski definition) is 5. The summed E-state index contributed by atoms with van der Waals surface area (Å²) >= 11 is 1.48. The molecule has 1 aliphatic rings. The number of aliphatic hydroxyl groups excluding tert-OH is 1. The van der Waals surface area contributed by atoms with E-state index in [0.29, 0.717) is 6.54 Å². The minimum Gasteiger partial charge on any atom is -0.389 e. The molecule has 2 atom stereocenters. The van der Waals surface area contributed by atoms with E-state index in [2.05, 4.69) is 57.9 Å². The number of likely N-dealkylation sites (tertiary alicyclic amines) is 1. The Morgan fingerprint density at radius 1 is 1.36 bits per heavy atom. The lowest BCUT2D eigenvalue weighted by molar-refractivity contribution is -0.0702. The summed E-state index contributed by atoms with van der Waals surface area (Å²) < 4.78 is 4.16. The van der Waals surface area contributed by atoms with Crippen LogP contribution < -0.4 is 0 Å². The molecule has 0 unspecified atom stereocenters. The molecule has 0 radical (unpaired) electrons. The standard InChI is InChI=1S/C17H23N3OS/c1-19(2)17(15-6-4-3-5-7-15)8-9-20(12-16(17)21)11-14-10-18-22-13-14/h3-7,10,13,16,21H,8-9,11-12H2,1-2H3/t16-,17+/m1/s1. The van der Waals surface area contributed by atoms with E-state index in [1.54, 1.807) is 0 Å². The van der Waals surface area contributed by atoms with Crippen LogP contribution in [0.25, 0.3) is 0 Å². The second-order valence-corrected chi connectivity index (χ2v) is 6.88. The molecular formula is C17H23N3OS. The van der Waals surface area contributed by atoms with Gasteiger partial charge in [-0.05, 0) is 43.2 Å². The van der Waals surface area contributed by atoms with Gasteiger partial charge in [0.15, 0.2) is 0 Å². The van der Waals surface area contributed by atoms with Crippen LogP contribution in [-0.2, 0) is 12.1 Å². The summed E-state index contributed by atoms with van der Waals surface area (Å²) in [5, 5.41) is 13.0. The van der Waals surface area contributed by atoms with E-state index in [9.17, 15) is 5.11 Å². The number of benzene rings is 1. The third-order valence-electron chi connectivity index (χ3n) is 4.75. The summed E-state index contributed by atoms with van der Waals surface area (Å²) in [5.41, 5.74) is 2.13. The van der Waals surface area contributed by atoms with Gasteiger partial charge < -0.3 is 5.11 Å². The van der Waals surface area contributed by atoms with Crippen molar-refractivity contribution in [2.24, 2.45) is 0 Å². The third-order valence-corrected chi connectivity index (χ3v) is 5.39. The largest absolute Gasteiger partial charge is 0.389 e. The van der Waals surface area contributed by atoms with Crippen LogP contribution in [0.2, 0.25) is 0 Å². The second-order valence-electron chi connectivity index (χ2n) is 6.22. The summed E-state index contributed by atoms with van der Waals surface area (Å²) in [6, 6.07) is 10.4. The molecule has 1 saturated heterocycles. The van der Waals surface area contributed by atoms with Crippen LogP contribution >= 0.6 is 11.5 Å². The van der Waals surface area contributed by atoms with Gasteiger partial charge in [-0.25, -0.2) is 4.37 Å². The molecule has 2 aromatic rings. The zero-order valence-electron chi connectivity index (χ0n) is 13.1. The quantitative estimate of drug-likeness (QED) is 0.938. The minimum atomic E-state index is -0.412. The topological polar surface area (TPSA) is 39.6 Å². The fourth-order valence-corrected chi connectivity index (χ4v) is 4.06. The molecule has 1 aromatic carbocycles. The predicted molar refractivity (Wildman–Crippen MR) is 89.8 cm³/mol. The Hall–Kier alpha value is -1.27. The highest BCUT2D eigenvalue weighted by molar-refractivity contribution is 7.03. The first-order chi connectivity index (χ1) is 10.6. The van der Waals surface area contributed by atoms with Gasteiger partial charge in [0.2, 0.25) is 0 Å². The van der Waals surface area contributed by atoms with Crippen LogP contribution in [0.4, 0.5) is 0 Å². The highest BCUT2D eigenvalue weighted by Crippen LogP contribution is 2.37. The molecule has 3 rings (SSSR count). The molecule has 1 fully saturated rings. The van der Waals surface area contributed by atoms with Crippen LogP contribution in [0.3, 0.4) is 0 Å². The van der Waals surface area contributed by atoms with Gasteiger partial charge in [-0.3, -0.25) is 9.80 Å². The van der Waals surface area contributed by atoms with E-state index in [0.717, 1.165) is 19.5 Å². The van der Waals surface area contributed by atoms with Gasteiger partial charge in [-0.15, -0.1) is 0 Å². The van der Waals surface area contributed by atoms with Crippen molar-refractivity contribution in [3.8, 4) is 0 Å². The van der Waals surface area contributed by atoms with Crippen molar-refractivity contribution in [2.75, 3.05) is 27.2 Å². The summed E-state index contributed by atoms with van der Waals surface area (Å²) in [6.45, 7) is 2.52. The average molecular weight is 317 g/mol. The molecular weight excluding hydrogens is 294 g/mol. The lowest BCUT2D eigenvalue weighted by atomic mass is 9.77. The Morgan fingerprint density at radius 3 is 2.73 bits per heavy atom. The fraction of sp³-hybridized carbons (Fsp3) is 0.471. The first-order valence-electron chi connectivity index (χ1n) is 7.64. The van der Waals surface area contributed by atoms with Gasteiger partial charge in [-0.1, -0.05) is 30.3 Å². The molecule has 1 aliphatic heterocycles. The van der Waals surface area contributed by atoms with Crippen molar-refractivity contribution in [2.45, 2.75) is 24.6 Å². The van der Waals surface area contributed by atoms with Crippen molar-refractivity contribution in [3.05, 3.63) is 53.0 Å². The highest BCUT2D eigenvalue weighted by Gasteiger charge is 2.45. The van der Waals surface area contributed by atoms with Gasteiger partial charge in [0, 0.05) is 31.2 Å². The molecule has 4 nitrogen and oxygen atoms in total. The van der Waals surface area contributed by atoms with Crippen LogP contribution in [0.15, 0.2) is 41.9 Å². The molecule has 1 aromatic heterocycles. The van der Waals surface area contributed by atoms with Gasteiger partial charge >= 0.3 is 0 Å². The Labute approximate surface area is 136 Å². The maximum atomic E-state index is 10.9. The summed E-state index contributed by atoms with van der Waals surface area (Å²) in [4.78, 5) is 4.50. The first kappa shape index (κ1) is 15.6. The number of aromatic nitrogens is 1. The molecule has 118 valence electrons. The molecule has 2 heterocycles. The molecule has 0 spiro atoms. The second kappa shape index (κ2) is 6.46. The number of likely N-dealkylation sites (N-methyl/N-ethyl adjacent to an activating group) is 1. The molecule has 0 bridgehead atoms. The Balaban J connectivity index is 1.80. The molecule has 0 amide bonds. The molecule has 0 saturated carbocycles. The van der Waals surface area contributed by atoms with Crippen molar-refractivity contribution in [3.63, 3.8) is 0 Å². The smallest absolute Gasteiger partial charge is 0.0892 e. The summed E-state index contributed by atoms with van der Waals surface area (Å²) in [6.07, 6.45) is 2.43. The summed E-state index contributed by atoms with van der Waals surface area (Å²) in [7, 11) is 4.13. The maximum Gasteiger partial charge on any atom is 0.0892 e. The van der Waals surface area contributed by atoms with Crippen molar-refractivity contribution in [1.82, 2.24) is 14.2 Å². The SMILES string of the molecule is CN(C)[C@]1(c2ccccc2)CCN(Cc2cnsc2)C[C@H]1O. The number of nitrogens with zero attached hydrogens (tertiary/aromatic N) is 3. The van der Waals surface area contributed by atoms with Crippen molar-refractivity contribution in [1.29, 1.82) is 0 Å². The third kappa shape index (κ3) is 2.82. The van der Waals surface area contributed by atoms with Crippen molar-refractivity contribution >= 4 is 11.5 Å². The van der Waals surface area contributed by atoms with E-state index in [1.807, 2.05) is 12.3 Å². The van der Waals surface area contributed by atoms with Gasteiger partial charge in [0.1, 0.15) is 0 Å². The highest BCUT2D eigenvalue weighted by atomic mass is 32.1. The maximum absolute atomic E-state index is 10.9. The zero-order valence-corrected chi connectivity index (χ0v) is 14.0. The zero-order chi connectivity index (χ0) is 15.6. The van der Waals surface area contributed by atoms with Crippen LogP contribution in [0.1, 0.15) is 17.5 Å². The molecule has 1 N–H and O–H groups in total. The fourth-order valence-electron chi connectivity index (χ4n) is 3.53. The number of aliphatic hydroxyl groups is 1. The lowest BCUT2D eigenvalue weighted by Gasteiger charge is -2.50. The monoisotopic (exact) mass is 317 g/mol. The number of β-amino-alcohol motifs (C(OH)–C–C–N with tert-alkyl or cyclic N) is 1. The number of rotatable bonds is 4. The van der Waals surface area contributed by atoms with Crippen LogP contribution in [-0.4, -0.2) is 52.6 Å². The minimum absolute atomic E-state index is 0.301. The molecule has 22 heavy (non-hydrogen) atoms. The van der Waals surface area contributed by atoms with E-state index < -0.39 is 6.10 Å². The van der Waals surface area contributed by atoms with Gasteiger partial charge in [-0.2, -0.15) is 0 Å². The summed E-state index contributed by atoms with van der Waals surface area (Å²) in [5.74, 6) is 0. The first-order valence-corrected chi connectivity index (χ1v) is 8.48. The lowest BCUT2D eigenvalue weighted by Crippen LogP contribution is -2.59. The molecule has 0 aliphatic carbocycles. The number of piperidine rings is 1. The van der Waals surface area contributed by atoms with E-state index in [-0.39, 0.29) is 5.54 Å². The average Bonchev–Trinajstić information content (AvgIpc) is 3.01. The van der Waals surface area contributed by atoms with E-state index >= 15 is 0 Å². The Kier molecular flexibility index (Phi) is 4.59.